The summed E-state index contributed by atoms with van der Waals surface area (Å²) in [5, 5.41) is 15.6. The van der Waals surface area contributed by atoms with Gasteiger partial charge in [-0.25, -0.2) is 5.43 Å². The molecule has 3 rings (SSSR count). The number of hydrogen-bond donors (Lipinski definition) is 2. The van der Waals surface area contributed by atoms with Crippen molar-refractivity contribution in [2.45, 2.75) is 20.0 Å². The minimum Gasteiger partial charge on any atom is -0.493 e. The highest BCUT2D eigenvalue weighted by Crippen LogP contribution is 2.38. The molecule has 3 N–H and O–H groups in total. The molecule has 0 heterocycles. The number of nitro groups is 1. The number of carbonyl (C=O) groups is 1. The molecule has 0 aromatic heterocycles. The second-order valence-corrected chi connectivity index (χ2v) is 7.32. The fourth-order valence-electron chi connectivity index (χ4n) is 3.11. The van der Waals surface area contributed by atoms with Crippen molar-refractivity contribution in [3.63, 3.8) is 0 Å². The van der Waals surface area contributed by atoms with Crippen molar-refractivity contribution >= 4 is 23.5 Å². The van der Waals surface area contributed by atoms with Gasteiger partial charge in [0, 0.05) is 17.3 Å². The summed E-state index contributed by atoms with van der Waals surface area (Å²) in [6.07, 6.45) is 1.42. The molecule has 0 aliphatic heterocycles. The summed E-state index contributed by atoms with van der Waals surface area (Å²) < 4.78 is 11.1. The predicted molar refractivity (Wildman–Crippen MR) is 125 cm³/mol. The van der Waals surface area contributed by atoms with Crippen LogP contribution in [0.1, 0.15) is 22.3 Å². The molecule has 3 aromatic carbocycles. The zero-order valence-corrected chi connectivity index (χ0v) is 18.3. The Morgan fingerprint density at radius 3 is 2.58 bits per heavy atom. The Kier molecular flexibility index (Phi) is 7.59. The van der Waals surface area contributed by atoms with Crippen LogP contribution >= 0.6 is 0 Å². The molecular formula is C24H24N4O5. The molecule has 0 saturated carbocycles. The Morgan fingerprint density at radius 2 is 1.91 bits per heavy atom. The fraction of sp³-hybridized carbons (Fsp3) is 0.167. The summed E-state index contributed by atoms with van der Waals surface area (Å²) in [5.74, 6) is -0.129. The maximum atomic E-state index is 12.1. The number of nitro benzene ring substituents is 1. The van der Waals surface area contributed by atoms with Crippen LogP contribution in [0.2, 0.25) is 0 Å². The highest BCUT2D eigenvalue weighted by molar-refractivity contribution is 5.85. The van der Waals surface area contributed by atoms with E-state index in [1.54, 1.807) is 30.3 Å². The third kappa shape index (κ3) is 6.54. The summed E-state index contributed by atoms with van der Waals surface area (Å²) in [6.45, 7) is 2.10. The average Bonchev–Trinajstić information content (AvgIpc) is 2.79. The van der Waals surface area contributed by atoms with Crippen molar-refractivity contribution in [2.75, 3.05) is 12.8 Å². The van der Waals surface area contributed by atoms with Gasteiger partial charge in [-0.1, -0.05) is 42.0 Å². The lowest BCUT2D eigenvalue weighted by Gasteiger charge is -2.12. The quantitative estimate of drug-likeness (QED) is 0.222. The topological polar surface area (TPSA) is 129 Å². The van der Waals surface area contributed by atoms with E-state index in [1.165, 1.54) is 19.4 Å². The van der Waals surface area contributed by atoms with Crippen molar-refractivity contribution < 1.29 is 19.2 Å². The Labute approximate surface area is 191 Å². The number of nitrogen functional groups attached to an aromatic ring is 1. The van der Waals surface area contributed by atoms with E-state index >= 15 is 0 Å². The molecule has 0 spiro atoms. The normalized spacial score (nSPS) is 10.7. The Bertz CT molecular complexity index is 1180. The molecule has 0 fully saturated rings. The van der Waals surface area contributed by atoms with Gasteiger partial charge >= 0.3 is 5.69 Å². The number of methoxy groups -OCH3 is 1. The highest BCUT2D eigenvalue weighted by Gasteiger charge is 2.22. The number of hydrogen-bond acceptors (Lipinski definition) is 7. The van der Waals surface area contributed by atoms with E-state index in [4.69, 9.17) is 15.2 Å². The standard InChI is InChI=1S/C24H24N4O5/c1-16-4-3-5-18(10-16)15-33-24-21(28(30)31)11-19(12-22(24)32-2)14-26-27-23(29)13-17-6-8-20(25)9-7-17/h3-12,14H,13,15,25H2,1-2H3,(H,27,29)/b26-14-. The molecule has 170 valence electrons. The van der Waals surface area contributed by atoms with Gasteiger partial charge in [-0.05, 0) is 36.2 Å². The fourth-order valence-corrected chi connectivity index (χ4v) is 3.11. The van der Waals surface area contributed by atoms with Gasteiger partial charge in [-0.15, -0.1) is 0 Å². The van der Waals surface area contributed by atoms with Crippen molar-refractivity contribution in [3.8, 4) is 11.5 Å². The summed E-state index contributed by atoms with van der Waals surface area (Å²) in [5.41, 5.74) is 11.5. The van der Waals surface area contributed by atoms with Gasteiger partial charge in [0.25, 0.3) is 0 Å². The van der Waals surface area contributed by atoms with Crippen LogP contribution in [-0.4, -0.2) is 24.2 Å². The first-order chi connectivity index (χ1) is 15.9. The molecule has 0 unspecified atom stereocenters. The molecule has 9 nitrogen and oxygen atoms in total. The van der Waals surface area contributed by atoms with Crippen molar-refractivity contribution in [3.05, 3.63) is 93.0 Å². The van der Waals surface area contributed by atoms with Gasteiger partial charge in [0.2, 0.25) is 11.7 Å². The number of aryl methyl sites for hydroxylation is 1. The summed E-state index contributed by atoms with van der Waals surface area (Å²) in [7, 11) is 1.40. The zero-order valence-electron chi connectivity index (χ0n) is 18.3. The second kappa shape index (κ2) is 10.8. The number of carbonyl (C=O) groups excluding carboxylic acids is 1. The third-order valence-corrected chi connectivity index (χ3v) is 4.69. The van der Waals surface area contributed by atoms with Gasteiger partial charge in [0.15, 0.2) is 5.75 Å². The van der Waals surface area contributed by atoms with E-state index in [0.717, 1.165) is 16.7 Å². The SMILES string of the molecule is COc1cc(/C=N\NC(=O)Cc2ccc(N)cc2)cc([N+](=O)[O-])c1OCc1cccc(C)c1. The van der Waals surface area contributed by atoms with E-state index in [9.17, 15) is 14.9 Å². The van der Waals surface area contributed by atoms with Crippen LogP contribution in [-0.2, 0) is 17.8 Å². The van der Waals surface area contributed by atoms with E-state index in [-0.39, 0.29) is 36.1 Å². The van der Waals surface area contributed by atoms with Gasteiger partial charge in [-0.2, -0.15) is 5.10 Å². The van der Waals surface area contributed by atoms with Crippen LogP contribution < -0.4 is 20.6 Å². The maximum Gasteiger partial charge on any atom is 0.315 e. The lowest BCUT2D eigenvalue weighted by Crippen LogP contribution is -2.19. The molecule has 0 bridgehead atoms. The average molecular weight is 448 g/mol. The lowest BCUT2D eigenvalue weighted by atomic mass is 10.1. The zero-order chi connectivity index (χ0) is 23.8. The molecule has 0 aliphatic rings. The number of nitrogens with two attached hydrogens (primary N) is 1. The van der Waals surface area contributed by atoms with Crippen LogP contribution in [0.5, 0.6) is 11.5 Å². The molecular weight excluding hydrogens is 424 g/mol. The molecule has 33 heavy (non-hydrogen) atoms. The lowest BCUT2D eigenvalue weighted by molar-refractivity contribution is -0.386. The van der Waals surface area contributed by atoms with Gasteiger partial charge < -0.3 is 15.2 Å². The number of ether oxygens (including phenoxy) is 2. The molecule has 3 aromatic rings. The number of hydrazone groups is 1. The summed E-state index contributed by atoms with van der Waals surface area (Å²) in [4.78, 5) is 23.2. The molecule has 0 atom stereocenters. The van der Waals surface area contributed by atoms with Gasteiger partial charge in [0.1, 0.15) is 6.61 Å². The molecule has 1 amide bonds. The van der Waals surface area contributed by atoms with Crippen LogP contribution in [0.4, 0.5) is 11.4 Å². The van der Waals surface area contributed by atoms with Crippen molar-refractivity contribution in [2.24, 2.45) is 5.10 Å². The minimum atomic E-state index is -0.550. The van der Waals surface area contributed by atoms with Gasteiger partial charge in [-0.3, -0.25) is 14.9 Å². The third-order valence-electron chi connectivity index (χ3n) is 4.69. The second-order valence-electron chi connectivity index (χ2n) is 7.32. The van der Waals surface area contributed by atoms with Crippen molar-refractivity contribution in [1.82, 2.24) is 5.43 Å². The Balaban J connectivity index is 1.73. The minimum absolute atomic E-state index is 0.0218. The van der Waals surface area contributed by atoms with Crippen LogP contribution in [0, 0.1) is 17.0 Å². The number of amides is 1. The maximum absolute atomic E-state index is 12.1. The Morgan fingerprint density at radius 1 is 1.15 bits per heavy atom. The van der Waals surface area contributed by atoms with Crippen LogP contribution in [0.3, 0.4) is 0 Å². The number of nitrogens with one attached hydrogen (secondary N) is 1. The summed E-state index contributed by atoms with van der Waals surface area (Å²) in [6, 6.07) is 17.4. The monoisotopic (exact) mass is 448 g/mol. The first-order valence-corrected chi connectivity index (χ1v) is 10.1. The molecule has 9 heteroatoms. The van der Waals surface area contributed by atoms with E-state index < -0.39 is 4.92 Å². The number of nitrogens with zero attached hydrogens (tertiary/aromatic N) is 2. The Hall–Kier alpha value is -4.40. The molecule has 0 saturated heterocycles. The molecule has 0 radical (unpaired) electrons. The first kappa shape index (κ1) is 23.3. The van der Waals surface area contributed by atoms with Gasteiger partial charge in [0.05, 0.1) is 24.7 Å². The predicted octanol–water partition coefficient (Wildman–Crippen LogP) is 3.77. The largest absolute Gasteiger partial charge is 0.493 e. The van der Waals surface area contributed by atoms with Crippen LogP contribution in [0.15, 0.2) is 65.8 Å². The van der Waals surface area contributed by atoms with E-state index in [1.807, 2.05) is 31.2 Å². The molecule has 0 aliphatic carbocycles. The van der Waals surface area contributed by atoms with Crippen LogP contribution in [0.25, 0.3) is 0 Å². The summed E-state index contributed by atoms with van der Waals surface area (Å²) >= 11 is 0. The number of rotatable bonds is 9. The first-order valence-electron chi connectivity index (χ1n) is 10.1. The highest BCUT2D eigenvalue weighted by atomic mass is 16.6. The van der Waals surface area contributed by atoms with E-state index in [2.05, 4.69) is 10.5 Å². The number of benzene rings is 3. The van der Waals surface area contributed by atoms with Crippen molar-refractivity contribution in [1.29, 1.82) is 0 Å². The number of anilines is 1. The van der Waals surface area contributed by atoms with E-state index in [0.29, 0.717) is 11.3 Å². The smallest absolute Gasteiger partial charge is 0.315 e.